The first-order valence-electron chi connectivity index (χ1n) is 4.50. The minimum atomic E-state index is -0.851. The van der Waals surface area contributed by atoms with Crippen molar-refractivity contribution in [1.29, 1.82) is 0 Å². The number of carbonyl (C=O) groups excluding carboxylic acids is 1. The number of hydrogen-bond donors (Lipinski definition) is 2. The summed E-state index contributed by atoms with van der Waals surface area (Å²) in [5, 5.41) is 23.3. The van der Waals surface area contributed by atoms with Gasteiger partial charge >= 0.3 is 11.9 Å². The van der Waals surface area contributed by atoms with E-state index in [0.717, 1.165) is 17.3 Å². The molecule has 0 bridgehead atoms. The largest absolute Gasteiger partial charge is 0.433 e. The zero-order chi connectivity index (χ0) is 12.8. The van der Waals surface area contributed by atoms with E-state index in [1.54, 1.807) is 0 Å². The van der Waals surface area contributed by atoms with Gasteiger partial charge < -0.3 is 15.3 Å². The number of nitrogens with zero attached hydrogens (tertiary/aromatic N) is 3. The number of carbonyl (C=O) groups is 1. The van der Waals surface area contributed by atoms with Crippen LogP contribution in [0.3, 0.4) is 0 Å². The lowest BCUT2D eigenvalue weighted by molar-refractivity contribution is -0.402. The quantitative estimate of drug-likeness (QED) is 0.422. The predicted molar refractivity (Wildman–Crippen MR) is 56.3 cm³/mol. The first kappa shape index (κ1) is 12.6. The number of nitrogens with two attached hydrogens (primary N) is 1. The van der Waals surface area contributed by atoms with Crippen molar-refractivity contribution in [3.05, 3.63) is 28.0 Å². The zero-order valence-electron chi connectivity index (χ0n) is 8.65. The van der Waals surface area contributed by atoms with Gasteiger partial charge in [-0.05, 0) is 6.07 Å². The Kier molecular flexibility index (Phi) is 4.17. The molecule has 0 saturated heterocycles. The molecule has 17 heavy (non-hydrogen) atoms. The molecule has 1 heterocycles. The molecule has 1 rings (SSSR count). The minimum Gasteiger partial charge on any atom is -0.400 e. The van der Waals surface area contributed by atoms with Crippen molar-refractivity contribution in [2.75, 3.05) is 13.2 Å². The number of aliphatic hydroxyl groups is 1. The van der Waals surface area contributed by atoms with Crippen molar-refractivity contribution in [2.24, 2.45) is 10.8 Å². The fourth-order valence-corrected chi connectivity index (χ4v) is 0.956. The van der Waals surface area contributed by atoms with Gasteiger partial charge in [0.05, 0.1) is 25.4 Å². The molecule has 2 amide bonds. The van der Waals surface area contributed by atoms with Crippen LogP contribution in [0.5, 0.6) is 0 Å². The van der Waals surface area contributed by atoms with Crippen molar-refractivity contribution in [2.45, 2.75) is 0 Å². The van der Waals surface area contributed by atoms with Crippen LogP contribution in [0.25, 0.3) is 0 Å². The fourth-order valence-electron chi connectivity index (χ4n) is 0.956. The highest BCUT2D eigenvalue weighted by Gasteiger charge is 2.11. The lowest BCUT2D eigenvalue weighted by atomic mass is 10.5. The van der Waals surface area contributed by atoms with Gasteiger partial charge in [0.15, 0.2) is 5.76 Å². The van der Waals surface area contributed by atoms with E-state index in [0.29, 0.717) is 0 Å². The van der Waals surface area contributed by atoms with Gasteiger partial charge in [0, 0.05) is 0 Å². The lowest BCUT2D eigenvalue weighted by Crippen LogP contribution is -2.33. The van der Waals surface area contributed by atoms with Gasteiger partial charge in [-0.1, -0.05) is 0 Å². The third-order valence-corrected chi connectivity index (χ3v) is 1.68. The van der Waals surface area contributed by atoms with Gasteiger partial charge in [0.1, 0.15) is 4.92 Å². The Morgan fingerprint density at radius 3 is 2.88 bits per heavy atom. The Hall–Kier alpha value is -2.42. The Morgan fingerprint density at radius 1 is 1.71 bits per heavy atom. The molecule has 0 aliphatic heterocycles. The van der Waals surface area contributed by atoms with Crippen molar-refractivity contribution < 1.29 is 19.2 Å². The molecule has 1 aromatic heterocycles. The molecule has 0 radical (unpaired) electrons. The molecule has 9 nitrogen and oxygen atoms in total. The van der Waals surface area contributed by atoms with Crippen LogP contribution in [0.1, 0.15) is 5.76 Å². The third kappa shape index (κ3) is 3.57. The van der Waals surface area contributed by atoms with E-state index in [2.05, 4.69) is 5.10 Å². The average Bonchev–Trinajstić information content (AvgIpc) is 2.72. The summed E-state index contributed by atoms with van der Waals surface area (Å²) < 4.78 is 4.76. The van der Waals surface area contributed by atoms with Crippen molar-refractivity contribution in [1.82, 2.24) is 5.01 Å². The molecule has 0 aliphatic carbocycles. The van der Waals surface area contributed by atoms with Crippen molar-refractivity contribution in [3.63, 3.8) is 0 Å². The standard InChI is InChI=1S/C8H10N4O5/c9-8(14)11(3-4-13)10-5-6-1-2-7(17-6)12(15)16/h1-2,5,13H,3-4H2,(H2,9,14). The van der Waals surface area contributed by atoms with Gasteiger partial charge in [-0.3, -0.25) is 10.1 Å². The highest BCUT2D eigenvalue weighted by atomic mass is 16.6. The summed E-state index contributed by atoms with van der Waals surface area (Å²) in [7, 11) is 0. The second kappa shape index (κ2) is 5.61. The minimum absolute atomic E-state index is 0.0748. The smallest absolute Gasteiger partial charge is 0.400 e. The fraction of sp³-hybridized carbons (Fsp3) is 0.250. The highest BCUT2D eigenvalue weighted by Crippen LogP contribution is 2.13. The first-order chi connectivity index (χ1) is 8.04. The third-order valence-electron chi connectivity index (χ3n) is 1.68. The molecule has 92 valence electrons. The summed E-state index contributed by atoms with van der Waals surface area (Å²) in [4.78, 5) is 20.4. The lowest BCUT2D eigenvalue weighted by Gasteiger charge is -2.11. The van der Waals surface area contributed by atoms with E-state index in [9.17, 15) is 14.9 Å². The molecule has 3 N–H and O–H groups in total. The molecule has 1 aromatic rings. The number of hydrazone groups is 1. The Morgan fingerprint density at radius 2 is 2.41 bits per heavy atom. The van der Waals surface area contributed by atoms with Crippen LogP contribution < -0.4 is 5.73 Å². The molecule has 9 heteroatoms. The van der Waals surface area contributed by atoms with Crippen molar-refractivity contribution in [3.8, 4) is 0 Å². The summed E-state index contributed by atoms with van der Waals surface area (Å²) in [6.45, 7) is -0.382. The van der Waals surface area contributed by atoms with E-state index < -0.39 is 16.8 Å². The SMILES string of the molecule is NC(=O)N(CCO)N=Cc1ccc([N+](=O)[O-])o1. The number of aliphatic hydroxyl groups excluding tert-OH is 1. The first-order valence-corrected chi connectivity index (χ1v) is 4.50. The van der Waals surface area contributed by atoms with Gasteiger partial charge in [-0.2, -0.15) is 5.10 Å². The van der Waals surface area contributed by atoms with Crippen LogP contribution in [-0.2, 0) is 0 Å². The Bertz CT molecular complexity index is 441. The molecule has 0 aliphatic rings. The summed E-state index contributed by atoms with van der Waals surface area (Å²) in [5.41, 5.74) is 4.96. The van der Waals surface area contributed by atoms with Crippen molar-refractivity contribution >= 4 is 18.1 Å². The number of amides is 2. The highest BCUT2D eigenvalue weighted by molar-refractivity contribution is 5.79. The topological polar surface area (TPSA) is 135 Å². The second-order valence-electron chi connectivity index (χ2n) is 2.86. The molecule has 0 atom stereocenters. The molecular weight excluding hydrogens is 232 g/mol. The average molecular weight is 242 g/mol. The number of furan rings is 1. The van der Waals surface area contributed by atoms with Crippen LogP contribution in [0, 0.1) is 10.1 Å². The molecule has 0 unspecified atom stereocenters. The zero-order valence-corrected chi connectivity index (χ0v) is 8.65. The van der Waals surface area contributed by atoms with E-state index in [1.807, 2.05) is 0 Å². The van der Waals surface area contributed by atoms with E-state index in [-0.39, 0.29) is 18.9 Å². The van der Waals surface area contributed by atoms with Gasteiger partial charge in [-0.15, -0.1) is 0 Å². The second-order valence-corrected chi connectivity index (χ2v) is 2.86. The molecule has 0 aromatic carbocycles. The van der Waals surface area contributed by atoms with Crippen LogP contribution >= 0.6 is 0 Å². The van der Waals surface area contributed by atoms with Crippen LogP contribution in [0.4, 0.5) is 10.7 Å². The summed E-state index contributed by atoms with van der Waals surface area (Å²) in [5.74, 6) is -0.333. The number of urea groups is 1. The summed E-state index contributed by atoms with van der Waals surface area (Å²) in [6.07, 6.45) is 1.09. The van der Waals surface area contributed by atoms with Crippen LogP contribution in [-0.4, -0.2) is 40.4 Å². The van der Waals surface area contributed by atoms with E-state index in [1.165, 1.54) is 6.07 Å². The van der Waals surface area contributed by atoms with Gasteiger partial charge in [0.25, 0.3) is 0 Å². The number of hydrogen-bond acceptors (Lipinski definition) is 6. The summed E-state index contributed by atoms with van der Waals surface area (Å²) in [6, 6.07) is 1.62. The maximum absolute atomic E-state index is 10.8. The van der Waals surface area contributed by atoms with E-state index in [4.69, 9.17) is 15.3 Å². The summed E-state index contributed by atoms with van der Waals surface area (Å²) >= 11 is 0. The molecule has 0 saturated carbocycles. The Labute approximate surface area is 95.3 Å². The normalized spacial score (nSPS) is 10.6. The monoisotopic (exact) mass is 242 g/mol. The predicted octanol–water partition coefficient (Wildman–Crippen LogP) is -0.105. The molecule has 0 fully saturated rings. The number of nitro groups is 1. The van der Waals surface area contributed by atoms with Crippen LogP contribution in [0.2, 0.25) is 0 Å². The maximum atomic E-state index is 10.8. The Balaban J connectivity index is 2.73. The molecular formula is C8H10N4O5. The molecule has 0 spiro atoms. The maximum Gasteiger partial charge on any atom is 0.433 e. The van der Waals surface area contributed by atoms with E-state index >= 15 is 0 Å². The van der Waals surface area contributed by atoms with Gasteiger partial charge in [0.2, 0.25) is 0 Å². The van der Waals surface area contributed by atoms with Crippen LogP contribution in [0.15, 0.2) is 21.7 Å². The van der Waals surface area contributed by atoms with Gasteiger partial charge in [-0.25, -0.2) is 9.80 Å². The number of primary amides is 1. The number of rotatable bonds is 5.